The average molecular weight is 378 g/mol. The summed E-state index contributed by atoms with van der Waals surface area (Å²) in [6, 6.07) is 9.28. The molecule has 1 unspecified atom stereocenters. The summed E-state index contributed by atoms with van der Waals surface area (Å²) in [5.74, 6) is -1.91. The van der Waals surface area contributed by atoms with Crippen molar-refractivity contribution < 1.29 is 33.3 Å². The zero-order chi connectivity index (χ0) is 20.3. The topological polar surface area (TPSA) is 88.1 Å². The first kappa shape index (κ1) is 22.4. The first-order valence-electron chi connectivity index (χ1n) is 8.67. The lowest BCUT2D eigenvalue weighted by Gasteiger charge is -2.28. The van der Waals surface area contributed by atoms with E-state index < -0.39 is 23.5 Å². The Morgan fingerprint density at radius 1 is 1.07 bits per heavy atom. The molecular weight excluding hydrogens is 352 g/mol. The molecule has 0 heterocycles. The predicted octanol–water partition coefficient (Wildman–Crippen LogP) is 2.58. The van der Waals surface area contributed by atoms with E-state index >= 15 is 0 Å². The first-order valence-corrected chi connectivity index (χ1v) is 8.67. The fraction of sp³-hybridized carbons (Fsp3) is 0.450. The Bertz CT molecular complexity index is 666. The van der Waals surface area contributed by atoms with Gasteiger partial charge in [0.25, 0.3) is 0 Å². The minimum absolute atomic E-state index is 0.00682. The molecule has 0 saturated heterocycles. The van der Waals surface area contributed by atoms with Crippen molar-refractivity contribution in [3.8, 4) is 0 Å². The van der Waals surface area contributed by atoms with E-state index in [4.69, 9.17) is 18.9 Å². The normalized spacial score (nSPS) is 13.4. The Balaban J connectivity index is 3.22. The molecular formula is C20H26O7. The van der Waals surface area contributed by atoms with Crippen LogP contribution in [0.15, 0.2) is 42.0 Å². The number of benzene rings is 1. The van der Waals surface area contributed by atoms with Gasteiger partial charge in [-0.1, -0.05) is 37.3 Å². The summed E-state index contributed by atoms with van der Waals surface area (Å²) in [4.78, 5) is 35.9. The standard InChI is InChI=1S/C20H26O7/c1-5-20(19(23)24-4,27-13-16-10-8-7-9-11-16)12-17(14-26-15(3)21)18(22)25-6-2/h7-12H,5-6,13-14H2,1-4H3/b17-12+. The van der Waals surface area contributed by atoms with Crippen molar-refractivity contribution in [3.05, 3.63) is 47.5 Å². The highest BCUT2D eigenvalue weighted by molar-refractivity contribution is 5.92. The Morgan fingerprint density at radius 2 is 1.74 bits per heavy atom. The SMILES string of the molecule is CCOC(=O)/C(=C/C(CC)(OCc1ccccc1)C(=O)OC)COC(C)=O. The number of methoxy groups -OCH3 is 1. The van der Waals surface area contributed by atoms with Crippen LogP contribution in [0.1, 0.15) is 32.8 Å². The zero-order valence-corrected chi connectivity index (χ0v) is 16.2. The van der Waals surface area contributed by atoms with Gasteiger partial charge >= 0.3 is 17.9 Å². The van der Waals surface area contributed by atoms with E-state index in [1.165, 1.54) is 20.1 Å². The van der Waals surface area contributed by atoms with E-state index in [-0.39, 0.29) is 31.8 Å². The van der Waals surface area contributed by atoms with E-state index in [9.17, 15) is 14.4 Å². The maximum absolute atomic E-state index is 12.5. The van der Waals surface area contributed by atoms with Crippen LogP contribution in [0.2, 0.25) is 0 Å². The van der Waals surface area contributed by atoms with Gasteiger partial charge in [-0.25, -0.2) is 9.59 Å². The van der Waals surface area contributed by atoms with Crippen molar-refractivity contribution >= 4 is 17.9 Å². The lowest BCUT2D eigenvalue weighted by molar-refractivity contribution is -0.165. The lowest BCUT2D eigenvalue weighted by atomic mass is 9.96. The Labute approximate surface area is 159 Å². The second-order valence-electron chi connectivity index (χ2n) is 5.68. The van der Waals surface area contributed by atoms with Gasteiger partial charge in [-0.15, -0.1) is 0 Å². The van der Waals surface area contributed by atoms with Gasteiger partial charge in [0.05, 0.1) is 25.9 Å². The molecule has 0 aromatic heterocycles. The van der Waals surface area contributed by atoms with Crippen LogP contribution in [-0.2, 0) is 39.9 Å². The van der Waals surface area contributed by atoms with Crippen molar-refractivity contribution in [2.75, 3.05) is 20.3 Å². The highest BCUT2D eigenvalue weighted by atomic mass is 16.6. The number of ether oxygens (including phenoxy) is 4. The number of carbonyl (C=O) groups is 3. The number of hydrogen-bond acceptors (Lipinski definition) is 7. The highest BCUT2D eigenvalue weighted by Gasteiger charge is 2.38. The van der Waals surface area contributed by atoms with Gasteiger partial charge < -0.3 is 18.9 Å². The maximum atomic E-state index is 12.5. The van der Waals surface area contributed by atoms with Gasteiger partial charge in [-0.3, -0.25) is 4.79 Å². The van der Waals surface area contributed by atoms with E-state index in [0.717, 1.165) is 5.56 Å². The first-order chi connectivity index (χ1) is 12.9. The number of hydrogen-bond donors (Lipinski definition) is 0. The second-order valence-corrected chi connectivity index (χ2v) is 5.68. The molecule has 148 valence electrons. The lowest BCUT2D eigenvalue weighted by Crippen LogP contribution is -2.41. The molecule has 7 heteroatoms. The zero-order valence-electron chi connectivity index (χ0n) is 16.2. The van der Waals surface area contributed by atoms with Crippen molar-refractivity contribution in [3.63, 3.8) is 0 Å². The molecule has 1 aromatic carbocycles. The largest absolute Gasteiger partial charge is 0.467 e. The molecule has 0 saturated carbocycles. The summed E-state index contributed by atoms with van der Waals surface area (Å²) in [5.41, 5.74) is -0.662. The van der Waals surface area contributed by atoms with Gasteiger partial charge in [0.2, 0.25) is 0 Å². The van der Waals surface area contributed by atoms with E-state index in [1.807, 2.05) is 30.3 Å². The van der Waals surface area contributed by atoms with Crippen molar-refractivity contribution in [1.29, 1.82) is 0 Å². The molecule has 0 fully saturated rings. The van der Waals surface area contributed by atoms with Crippen LogP contribution < -0.4 is 0 Å². The Morgan fingerprint density at radius 3 is 2.26 bits per heavy atom. The van der Waals surface area contributed by atoms with Crippen LogP contribution in [0.5, 0.6) is 0 Å². The number of esters is 3. The molecule has 0 amide bonds. The fourth-order valence-electron chi connectivity index (χ4n) is 2.31. The third-order valence-corrected chi connectivity index (χ3v) is 3.77. The van der Waals surface area contributed by atoms with Gasteiger partial charge in [0.15, 0.2) is 5.60 Å². The van der Waals surface area contributed by atoms with Gasteiger partial charge in [-0.05, 0) is 25.0 Å². The monoisotopic (exact) mass is 378 g/mol. The Kier molecular flexibility index (Phi) is 9.22. The molecule has 0 radical (unpaired) electrons. The van der Waals surface area contributed by atoms with Crippen LogP contribution in [0.4, 0.5) is 0 Å². The third-order valence-electron chi connectivity index (χ3n) is 3.77. The minimum atomic E-state index is -1.52. The number of rotatable bonds is 10. The summed E-state index contributed by atoms with van der Waals surface area (Å²) in [6.45, 7) is 4.54. The molecule has 0 aliphatic rings. The van der Waals surface area contributed by atoms with Crippen molar-refractivity contribution in [2.45, 2.75) is 39.4 Å². The van der Waals surface area contributed by atoms with Crippen molar-refractivity contribution in [2.24, 2.45) is 0 Å². The van der Waals surface area contributed by atoms with Crippen LogP contribution in [0.25, 0.3) is 0 Å². The molecule has 1 aromatic rings. The predicted molar refractivity (Wildman–Crippen MR) is 97.6 cm³/mol. The molecule has 0 aliphatic heterocycles. The molecule has 0 spiro atoms. The van der Waals surface area contributed by atoms with Gasteiger partial charge in [-0.2, -0.15) is 0 Å². The summed E-state index contributed by atoms with van der Waals surface area (Å²) in [6.07, 6.45) is 1.53. The summed E-state index contributed by atoms with van der Waals surface area (Å²) < 4.78 is 20.7. The smallest absolute Gasteiger partial charge is 0.342 e. The maximum Gasteiger partial charge on any atom is 0.342 e. The van der Waals surface area contributed by atoms with Crippen molar-refractivity contribution in [1.82, 2.24) is 0 Å². The van der Waals surface area contributed by atoms with Gasteiger partial charge in [0.1, 0.15) is 6.61 Å². The average Bonchev–Trinajstić information content (AvgIpc) is 2.68. The summed E-state index contributed by atoms with van der Waals surface area (Å²) >= 11 is 0. The van der Waals surface area contributed by atoms with Crippen LogP contribution in [-0.4, -0.2) is 43.8 Å². The molecule has 1 rings (SSSR count). The molecule has 1 atom stereocenters. The molecule has 0 aliphatic carbocycles. The summed E-state index contributed by atoms with van der Waals surface area (Å²) in [7, 11) is 1.24. The number of carbonyl (C=O) groups excluding carboxylic acids is 3. The molecule has 7 nitrogen and oxygen atoms in total. The molecule has 0 bridgehead atoms. The van der Waals surface area contributed by atoms with E-state index in [0.29, 0.717) is 0 Å². The fourth-order valence-corrected chi connectivity index (χ4v) is 2.31. The Hall–Kier alpha value is -2.67. The quantitative estimate of drug-likeness (QED) is 0.351. The molecule has 27 heavy (non-hydrogen) atoms. The van der Waals surface area contributed by atoms with Crippen LogP contribution in [0, 0.1) is 0 Å². The second kappa shape index (κ2) is 11.1. The molecule has 0 N–H and O–H groups in total. The van der Waals surface area contributed by atoms with E-state index in [2.05, 4.69) is 0 Å². The van der Waals surface area contributed by atoms with Gasteiger partial charge in [0, 0.05) is 6.92 Å². The van der Waals surface area contributed by atoms with Crippen LogP contribution >= 0.6 is 0 Å². The minimum Gasteiger partial charge on any atom is -0.467 e. The van der Waals surface area contributed by atoms with E-state index in [1.54, 1.807) is 13.8 Å². The highest BCUT2D eigenvalue weighted by Crippen LogP contribution is 2.24. The van der Waals surface area contributed by atoms with Crippen LogP contribution in [0.3, 0.4) is 0 Å². The summed E-state index contributed by atoms with van der Waals surface area (Å²) in [5, 5.41) is 0. The third kappa shape index (κ3) is 6.86.